The van der Waals surface area contributed by atoms with E-state index in [4.69, 9.17) is 0 Å². The molecule has 1 heterocycles. The maximum Gasteiger partial charge on any atom is 0.00224 e. The van der Waals surface area contributed by atoms with Crippen LogP contribution in [0.2, 0.25) is 0 Å². The van der Waals surface area contributed by atoms with Crippen molar-refractivity contribution in [3.63, 3.8) is 0 Å². The summed E-state index contributed by atoms with van der Waals surface area (Å²) in [7, 11) is 2.08. The van der Waals surface area contributed by atoms with Crippen molar-refractivity contribution in [3.8, 4) is 0 Å². The highest BCUT2D eigenvalue weighted by Gasteiger charge is 2.29. The fourth-order valence-electron chi connectivity index (χ4n) is 3.54. The Bertz CT molecular complexity index is 233. The first kappa shape index (κ1) is 16.3. The van der Waals surface area contributed by atoms with Crippen LogP contribution in [0.4, 0.5) is 0 Å². The summed E-state index contributed by atoms with van der Waals surface area (Å²) in [5.41, 5.74) is 0.621. The fourth-order valence-corrected chi connectivity index (χ4v) is 3.54. The average molecular weight is 275 g/mol. The van der Waals surface area contributed by atoms with Gasteiger partial charge < -0.3 is 10.2 Å². The van der Waals surface area contributed by atoms with E-state index in [0.717, 1.165) is 11.8 Å². The van der Waals surface area contributed by atoms with E-state index >= 15 is 0 Å². The molecule has 0 aromatic heterocycles. The van der Waals surface area contributed by atoms with Gasteiger partial charge in [0.1, 0.15) is 0 Å². The molecule has 2 aliphatic rings. The quantitative estimate of drug-likeness (QED) is 0.847. The fraction of sp³-hybridized carbons (Fsp3) is 1.00. The van der Waals surface area contributed by atoms with Gasteiger partial charge in [0.15, 0.2) is 0 Å². The van der Waals surface area contributed by atoms with Crippen molar-refractivity contribution >= 4 is 12.4 Å². The van der Waals surface area contributed by atoms with Gasteiger partial charge in [0.25, 0.3) is 0 Å². The molecule has 0 aromatic carbocycles. The zero-order chi connectivity index (χ0) is 12.3. The number of rotatable bonds is 4. The minimum absolute atomic E-state index is 0. The first-order valence-corrected chi connectivity index (χ1v) is 7.46. The summed E-state index contributed by atoms with van der Waals surface area (Å²) >= 11 is 0. The van der Waals surface area contributed by atoms with Gasteiger partial charge in [-0.2, -0.15) is 0 Å². The van der Waals surface area contributed by atoms with Crippen molar-refractivity contribution in [1.82, 2.24) is 10.2 Å². The molecular formula is C15H31ClN2. The van der Waals surface area contributed by atoms with Crippen molar-refractivity contribution in [2.45, 2.75) is 46.0 Å². The number of likely N-dealkylation sites (tertiary alicyclic amines) is 1. The van der Waals surface area contributed by atoms with Crippen LogP contribution in [0, 0.1) is 17.3 Å². The number of nitrogens with zero attached hydrogens (tertiary/aromatic N) is 1. The largest absolute Gasteiger partial charge is 0.319 e. The third-order valence-corrected chi connectivity index (χ3v) is 4.84. The molecular weight excluding hydrogens is 244 g/mol. The van der Waals surface area contributed by atoms with E-state index in [-0.39, 0.29) is 12.4 Å². The van der Waals surface area contributed by atoms with Gasteiger partial charge in [-0.1, -0.05) is 13.8 Å². The van der Waals surface area contributed by atoms with Crippen molar-refractivity contribution in [3.05, 3.63) is 0 Å². The minimum Gasteiger partial charge on any atom is -0.319 e. The van der Waals surface area contributed by atoms with Gasteiger partial charge in [-0.05, 0) is 69.5 Å². The summed E-state index contributed by atoms with van der Waals surface area (Å²) in [6.07, 6.45) is 7.19. The molecule has 0 bridgehead atoms. The van der Waals surface area contributed by atoms with Crippen LogP contribution in [0.15, 0.2) is 0 Å². The number of halogens is 1. The van der Waals surface area contributed by atoms with Crippen LogP contribution in [-0.4, -0.2) is 38.1 Å². The second-order valence-corrected chi connectivity index (χ2v) is 7.08. The van der Waals surface area contributed by atoms with Gasteiger partial charge in [-0.3, -0.25) is 0 Å². The standard InChI is InChI=1S/C15H30N2.ClH/c1-15(2)7-4-13(5-8-15)11-17-9-6-14(12-17)10-16-3;/h13-14,16H,4-12H2,1-3H3;1H. The average Bonchev–Trinajstić information content (AvgIpc) is 2.70. The number of hydrogen-bond donors (Lipinski definition) is 1. The zero-order valence-electron chi connectivity index (χ0n) is 12.4. The molecule has 2 fully saturated rings. The predicted molar refractivity (Wildman–Crippen MR) is 81.5 cm³/mol. The summed E-state index contributed by atoms with van der Waals surface area (Å²) in [5.74, 6) is 1.89. The minimum atomic E-state index is 0. The van der Waals surface area contributed by atoms with E-state index in [9.17, 15) is 0 Å². The molecule has 2 nitrogen and oxygen atoms in total. The summed E-state index contributed by atoms with van der Waals surface area (Å²) in [5, 5.41) is 3.32. The molecule has 1 N–H and O–H groups in total. The maximum atomic E-state index is 3.32. The summed E-state index contributed by atoms with van der Waals surface area (Å²) in [4.78, 5) is 2.71. The Balaban J connectivity index is 0.00000162. The molecule has 0 amide bonds. The van der Waals surface area contributed by atoms with E-state index in [1.54, 1.807) is 0 Å². The van der Waals surface area contributed by atoms with Crippen LogP contribution < -0.4 is 5.32 Å². The van der Waals surface area contributed by atoms with Crippen LogP contribution >= 0.6 is 12.4 Å². The molecule has 1 unspecified atom stereocenters. The molecule has 1 aliphatic heterocycles. The van der Waals surface area contributed by atoms with Gasteiger partial charge in [-0.25, -0.2) is 0 Å². The van der Waals surface area contributed by atoms with E-state index in [2.05, 4.69) is 31.1 Å². The first-order valence-electron chi connectivity index (χ1n) is 7.46. The Labute approximate surface area is 119 Å². The van der Waals surface area contributed by atoms with E-state index in [0.29, 0.717) is 5.41 Å². The van der Waals surface area contributed by atoms with Gasteiger partial charge in [0.05, 0.1) is 0 Å². The lowest BCUT2D eigenvalue weighted by atomic mass is 9.73. The molecule has 1 atom stereocenters. The Morgan fingerprint density at radius 1 is 1.11 bits per heavy atom. The lowest BCUT2D eigenvalue weighted by Crippen LogP contribution is -2.32. The SMILES string of the molecule is CNCC1CCN(CC2CCC(C)(C)CC2)C1.Cl. The molecule has 1 saturated carbocycles. The zero-order valence-corrected chi connectivity index (χ0v) is 13.2. The van der Waals surface area contributed by atoms with Crippen LogP contribution in [0.5, 0.6) is 0 Å². The second-order valence-electron chi connectivity index (χ2n) is 7.08. The third kappa shape index (κ3) is 4.71. The molecule has 2 rings (SSSR count). The molecule has 1 saturated heterocycles. The highest BCUT2D eigenvalue weighted by molar-refractivity contribution is 5.85. The lowest BCUT2D eigenvalue weighted by Gasteiger charge is -2.36. The molecule has 3 heteroatoms. The third-order valence-electron chi connectivity index (χ3n) is 4.84. The molecule has 1 aliphatic carbocycles. The normalized spacial score (nSPS) is 29.2. The Morgan fingerprint density at radius 2 is 1.78 bits per heavy atom. The van der Waals surface area contributed by atoms with Crippen LogP contribution in [0.25, 0.3) is 0 Å². The lowest BCUT2D eigenvalue weighted by molar-refractivity contribution is 0.154. The van der Waals surface area contributed by atoms with E-state index in [1.165, 1.54) is 58.3 Å². The first-order chi connectivity index (χ1) is 8.09. The molecule has 0 spiro atoms. The Morgan fingerprint density at radius 3 is 2.39 bits per heavy atom. The van der Waals surface area contributed by atoms with E-state index < -0.39 is 0 Å². The van der Waals surface area contributed by atoms with Crippen molar-refractivity contribution in [1.29, 1.82) is 0 Å². The summed E-state index contributed by atoms with van der Waals surface area (Å²) in [6.45, 7) is 10.1. The maximum absolute atomic E-state index is 3.32. The number of hydrogen-bond acceptors (Lipinski definition) is 2. The topological polar surface area (TPSA) is 15.3 Å². The summed E-state index contributed by atoms with van der Waals surface area (Å²) < 4.78 is 0. The molecule has 108 valence electrons. The highest BCUT2D eigenvalue weighted by atomic mass is 35.5. The second kappa shape index (κ2) is 7.12. The van der Waals surface area contributed by atoms with Gasteiger partial charge in [-0.15, -0.1) is 12.4 Å². The van der Waals surface area contributed by atoms with Crippen molar-refractivity contribution < 1.29 is 0 Å². The van der Waals surface area contributed by atoms with Crippen molar-refractivity contribution in [2.75, 3.05) is 33.2 Å². The van der Waals surface area contributed by atoms with Crippen LogP contribution in [0.3, 0.4) is 0 Å². The smallest absolute Gasteiger partial charge is 0.00224 e. The monoisotopic (exact) mass is 274 g/mol. The highest BCUT2D eigenvalue weighted by Crippen LogP contribution is 2.38. The van der Waals surface area contributed by atoms with Gasteiger partial charge >= 0.3 is 0 Å². The molecule has 0 aromatic rings. The Kier molecular flexibility index (Phi) is 6.43. The Hall–Kier alpha value is 0.210. The molecule has 18 heavy (non-hydrogen) atoms. The van der Waals surface area contributed by atoms with Crippen LogP contribution in [0.1, 0.15) is 46.0 Å². The predicted octanol–water partition coefficient (Wildman–Crippen LogP) is 3.17. The molecule has 0 radical (unpaired) electrons. The van der Waals surface area contributed by atoms with Crippen molar-refractivity contribution in [2.24, 2.45) is 17.3 Å². The summed E-state index contributed by atoms with van der Waals surface area (Å²) in [6, 6.07) is 0. The van der Waals surface area contributed by atoms with Crippen LogP contribution in [-0.2, 0) is 0 Å². The van der Waals surface area contributed by atoms with Gasteiger partial charge in [0.2, 0.25) is 0 Å². The number of nitrogens with one attached hydrogen (secondary N) is 1. The van der Waals surface area contributed by atoms with E-state index in [1.807, 2.05) is 0 Å². The van der Waals surface area contributed by atoms with Gasteiger partial charge in [0, 0.05) is 13.1 Å².